The smallest absolute Gasteiger partial charge is 0.387 e. The van der Waals surface area contributed by atoms with E-state index in [9.17, 15) is 18.4 Å². The van der Waals surface area contributed by atoms with E-state index in [1.54, 1.807) is 24.0 Å². The second-order valence-electron chi connectivity index (χ2n) is 6.60. The standard InChI is InChI=1S/C19H26F2N2O3/c1-4-15(5-2)23-11-14(10-17(23)24)18(25)22-12(3)13-7-6-8-16(9-13)26-19(20)21/h6-9,12,14-15,19H,4-5,10-11H2,1-3H3,(H,22,25). The maximum atomic E-state index is 12.5. The second-order valence-corrected chi connectivity index (χ2v) is 6.60. The zero-order valence-corrected chi connectivity index (χ0v) is 15.4. The molecule has 0 bridgehead atoms. The SMILES string of the molecule is CCC(CC)N1CC(C(=O)NC(C)c2cccc(OC(F)F)c2)CC1=O. The second kappa shape index (κ2) is 8.96. The maximum absolute atomic E-state index is 12.5. The molecule has 144 valence electrons. The molecule has 1 aromatic carbocycles. The summed E-state index contributed by atoms with van der Waals surface area (Å²) in [5.41, 5.74) is 0.665. The molecule has 1 aliphatic heterocycles. The number of benzene rings is 1. The fourth-order valence-electron chi connectivity index (χ4n) is 3.36. The Morgan fingerprint density at radius 1 is 1.35 bits per heavy atom. The first kappa shape index (κ1) is 20.1. The van der Waals surface area contributed by atoms with Gasteiger partial charge in [-0.3, -0.25) is 9.59 Å². The van der Waals surface area contributed by atoms with Gasteiger partial charge in [0.2, 0.25) is 11.8 Å². The summed E-state index contributed by atoms with van der Waals surface area (Å²) >= 11 is 0. The monoisotopic (exact) mass is 368 g/mol. The highest BCUT2D eigenvalue weighted by Gasteiger charge is 2.37. The quantitative estimate of drug-likeness (QED) is 0.764. The molecule has 5 nitrogen and oxygen atoms in total. The number of carbonyl (C=O) groups excluding carboxylic acids is 2. The van der Waals surface area contributed by atoms with Gasteiger partial charge in [0, 0.05) is 19.0 Å². The van der Waals surface area contributed by atoms with Gasteiger partial charge in [-0.15, -0.1) is 0 Å². The van der Waals surface area contributed by atoms with Crippen LogP contribution >= 0.6 is 0 Å². The van der Waals surface area contributed by atoms with Gasteiger partial charge in [-0.05, 0) is 37.5 Å². The largest absolute Gasteiger partial charge is 0.435 e. The van der Waals surface area contributed by atoms with Gasteiger partial charge in [-0.25, -0.2) is 0 Å². The Bertz CT molecular complexity index is 635. The van der Waals surface area contributed by atoms with E-state index in [4.69, 9.17) is 0 Å². The van der Waals surface area contributed by atoms with Crippen molar-refractivity contribution in [2.24, 2.45) is 5.92 Å². The van der Waals surface area contributed by atoms with E-state index in [1.165, 1.54) is 12.1 Å². The molecule has 1 N–H and O–H groups in total. The maximum Gasteiger partial charge on any atom is 0.387 e. The van der Waals surface area contributed by atoms with Crippen molar-refractivity contribution >= 4 is 11.8 Å². The van der Waals surface area contributed by atoms with Crippen molar-refractivity contribution < 1.29 is 23.1 Å². The molecule has 1 aromatic rings. The van der Waals surface area contributed by atoms with Crippen molar-refractivity contribution in [3.8, 4) is 5.75 Å². The first-order valence-corrected chi connectivity index (χ1v) is 9.00. The molecule has 2 amide bonds. The van der Waals surface area contributed by atoms with Crippen molar-refractivity contribution in [1.82, 2.24) is 10.2 Å². The highest BCUT2D eigenvalue weighted by atomic mass is 19.3. The molecule has 0 aliphatic carbocycles. The van der Waals surface area contributed by atoms with Crippen molar-refractivity contribution in [3.05, 3.63) is 29.8 Å². The average Bonchev–Trinajstić information content (AvgIpc) is 2.98. The molecule has 26 heavy (non-hydrogen) atoms. The first-order valence-electron chi connectivity index (χ1n) is 9.00. The summed E-state index contributed by atoms with van der Waals surface area (Å²) < 4.78 is 29.1. The van der Waals surface area contributed by atoms with Crippen molar-refractivity contribution in [3.63, 3.8) is 0 Å². The van der Waals surface area contributed by atoms with Crippen LogP contribution in [0.15, 0.2) is 24.3 Å². The van der Waals surface area contributed by atoms with E-state index < -0.39 is 6.61 Å². The third-order valence-corrected chi connectivity index (χ3v) is 4.85. The van der Waals surface area contributed by atoms with E-state index in [-0.39, 0.29) is 42.0 Å². The number of hydrogen-bond acceptors (Lipinski definition) is 3. The number of likely N-dealkylation sites (tertiary alicyclic amines) is 1. The molecule has 2 unspecified atom stereocenters. The summed E-state index contributed by atoms with van der Waals surface area (Å²) in [6.45, 7) is 3.37. The third-order valence-electron chi connectivity index (χ3n) is 4.85. The van der Waals surface area contributed by atoms with Crippen LogP contribution in [0.5, 0.6) is 5.75 Å². The molecular weight excluding hydrogens is 342 g/mol. The number of alkyl halides is 2. The number of rotatable bonds is 8. The van der Waals surface area contributed by atoms with E-state index in [2.05, 4.69) is 10.1 Å². The summed E-state index contributed by atoms with van der Waals surface area (Å²) in [6.07, 6.45) is 1.94. The zero-order valence-electron chi connectivity index (χ0n) is 15.4. The van der Waals surface area contributed by atoms with Gasteiger partial charge in [0.05, 0.1) is 12.0 Å². The van der Waals surface area contributed by atoms with Crippen molar-refractivity contribution in [1.29, 1.82) is 0 Å². The van der Waals surface area contributed by atoms with Crippen molar-refractivity contribution in [2.75, 3.05) is 6.54 Å². The molecular formula is C19H26F2N2O3. The van der Waals surface area contributed by atoms with Crippen LogP contribution in [0.25, 0.3) is 0 Å². The zero-order chi connectivity index (χ0) is 19.3. The Morgan fingerprint density at radius 3 is 2.65 bits per heavy atom. The molecule has 2 rings (SSSR count). The number of nitrogens with zero attached hydrogens (tertiary/aromatic N) is 1. The van der Waals surface area contributed by atoms with Gasteiger partial charge < -0.3 is 15.0 Å². The lowest BCUT2D eigenvalue weighted by atomic mass is 10.0. The minimum Gasteiger partial charge on any atom is -0.435 e. The summed E-state index contributed by atoms with van der Waals surface area (Å²) in [5, 5.41) is 2.87. The van der Waals surface area contributed by atoms with Gasteiger partial charge in [0.15, 0.2) is 0 Å². The molecule has 0 spiro atoms. The van der Waals surface area contributed by atoms with Crippen LogP contribution < -0.4 is 10.1 Å². The summed E-state index contributed by atoms with van der Waals surface area (Å²) in [5.74, 6) is -0.515. The Hall–Kier alpha value is -2.18. The van der Waals surface area contributed by atoms with Crippen LogP contribution in [0.3, 0.4) is 0 Å². The summed E-state index contributed by atoms with van der Waals surface area (Å²) in [7, 11) is 0. The lowest BCUT2D eigenvalue weighted by Gasteiger charge is -2.26. The van der Waals surface area contributed by atoms with Crippen LogP contribution in [0, 0.1) is 5.92 Å². The van der Waals surface area contributed by atoms with Crippen LogP contribution in [0.1, 0.15) is 51.6 Å². The first-order chi connectivity index (χ1) is 12.3. The van der Waals surface area contributed by atoms with E-state index >= 15 is 0 Å². The molecule has 2 atom stereocenters. The topological polar surface area (TPSA) is 58.6 Å². The Morgan fingerprint density at radius 2 is 2.04 bits per heavy atom. The lowest BCUT2D eigenvalue weighted by Crippen LogP contribution is -2.38. The van der Waals surface area contributed by atoms with Crippen LogP contribution in [0.4, 0.5) is 8.78 Å². The Balaban J connectivity index is 1.98. The van der Waals surface area contributed by atoms with Gasteiger partial charge in [-0.1, -0.05) is 26.0 Å². The minimum absolute atomic E-state index is 0.0128. The molecule has 1 fully saturated rings. The summed E-state index contributed by atoms with van der Waals surface area (Å²) in [4.78, 5) is 26.5. The molecule has 1 aliphatic rings. The van der Waals surface area contributed by atoms with E-state index in [0.717, 1.165) is 12.8 Å². The Kier molecular flexibility index (Phi) is 6.94. The Labute approximate surface area is 152 Å². The van der Waals surface area contributed by atoms with Crippen molar-refractivity contribution in [2.45, 2.75) is 58.7 Å². The number of ether oxygens (including phenoxy) is 1. The number of hydrogen-bond donors (Lipinski definition) is 1. The fraction of sp³-hybridized carbons (Fsp3) is 0.579. The minimum atomic E-state index is -2.89. The lowest BCUT2D eigenvalue weighted by molar-refractivity contribution is -0.130. The summed E-state index contributed by atoms with van der Waals surface area (Å²) in [6, 6.07) is 6.05. The molecule has 1 heterocycles. The van der Waals surface area contributed by atoms with E-state index in [0.29, 0.717) is 12.1 Å². The van der Waals surface area contributed by atoms with Gasteiger partial charge in [-0.2, -0.15) is 8.78 Å². The van der Waals surface area contributed by atoms with E-state index in [1.807, 2.05) is 13.8 Å². The predicted octanol–water partition coefficient (Wildman–Crippen LogP) is 3.50. The number of nitrogens with one attached hydrogen (secondary N) is 1. The predicted molar refractivity (Wildman–Crippen MR) is 93.8 cm³/mol. The molecule has 0 aromatic heterocycles. The highest BCUT2D eigenvalue weighted by molar-refractivity contribution is 5.89. The number of halogens is 2. The van der Waals surface area contributed by atoms with Gasteiger partial charge in [0.1, 0.15) is 5.75 Å². The number of amides is 2. The molecule has 0 saturated carbocycles. The van der Waals surface area contributed by atoms with Crippen LogP contribution in [-0.4, -0.2) is 35.9 Å². The molecule has 7 heteroatoms. The molecule has 0 radical (unpaired) electrons. The molecule has 1 saturated heterocycles. The average molecular weight is 368 g/mol. The number of carbonyl (C=O) groups is 2. The van der Waals surface area contributed by atoms with Gasteiger partial charge >= 0.3 is 6.61 Å². The van der Waals surface area contributed by atoms with Crippen LogP contribution in [-0.2, 0) is 9.59 Å². The van der Waals surface area contributed by atoms with Crippen LogP contribution in [0.2, 0.25) is 0 Å². The third kappa shape index (κ3) is 4.93. The fourth-order valence-corrected chi connectivity index (χ4v) is 3.36. The normalized spacial score (nSPS) is 18.5. The highest BCUT2D eigenvalue weighted by Crippen LogP contribution is 2.25. The van der Waals surface area contributed by atoms with Gasteiger partial charge in [0.25, 0.3) is 0 Å².